The van der Waals surface area contributed by atoms with Crippen molar-refractivity contribution in [2.24, 2.45) is 0 Å². The molecule has 0 bridgehead atoms. The molecular formula is C126H84BBrN4O3S3. The maximum Gasteiger partial charge on any atom is 0.494 e. The summed E-state index contributed by atoms with van der Waals surface area (Å²) < 4.78 is 38.1. The van der Waals surface area contributed by atoms with Gasteiger partial charge in [0.15, 0.2) is 0 Å². The minimum Gasteiger partial charge on any atom is -0.456 e. The molecule has 8 aromatic heterocycles. The molecule has 0 amide bonds. The Balaban J connectivity index is 0.000000112. The molecule has 0 N–H and O–H groups in total. The first-order valence-electron chi connectivity index (χ1n) is 47.0. The van der Waals surface area contributed by atoms with Gasteiger partial charge in [-0.05, 0) is 253 Å². The van der Waals surface area contributed by atoms with Crippen molar-refractivity contribution < 1.29 is 13.7 Å². The third kappa shape index (κ3) is 13.6. The Bertz CT molecular complexity index is 9550. The Morgan fingerprint density at radius 2 is 0.500 bits per heavy atom. The molecule has 12 heteroatoms. The summed E-state index contributed by atoms with van der Waals surface area (Å²) in [7, 11) is -0.407. The highest BCUT2D eigenvalue weighted by Crippen LogP contribution is 2.49. The fraction of sp³-hybridized carbons (Fsp3) is 0.0476. The van der Waals surface area contributed by atoms with E-state index < -0.39 is 7.12 Å². The Kier molecular flexibility index (Phi) is 19.2. The van der Waals surface area contributed by atoms with Crippen molar-refractivity contribution in [3.05, 3.63) is 441 Å². The predicted molar refractivity (Wildman–Crippen MR) is 593 cm³/mol. The molecule has 0 unspecified atom stereocenters. The first-order chi connectivity index (χ1) is 67.7. The molecule has 654 valence electrons. The molecular weight excluding hydrogens is 1800 g/mol. The van der Waals surface area contributed by atoms with Crippen molar-refractivity contribution in [1.82, 2.24) is 18.3 Å². The van der Waals surface area contributed by atoms with E-state index in [9.17, 15) is 0 Å². The first kappa shape index (κ1) is 82.0. The van der Waals surface area contributed by atoms with Crippen LogP contribution in [0.2, 0.25) is 0 Å². The van der Waals surface area contributed by atoms with Crippen LogP contribution in [-0.4, -0.2) is 36.6 Å². The molecule has 1 aliphatic rings. The monoisotopic (exact) mass is 1890 g/mol. The average Bonchev–Trinajstić information content (AvgIpc) is 1.57. The summed E-state index contributed by atoms with van der Waals surface area (Å²) in [6.07, 6.45) is 0. The van der Waals surface area contributed by atoms with Gasteiger partial charge in [-0.15, -0.1) is 34.0 Å². The summed E-state index contributed by atoms with van der Waals surface area (Å²) >= 11 is 9.30. The van der Waals surface area contributed by atoms with Crippen molar-refractivity contribution >= 4 is 232 Å². The highest BCUT2D eigenvalue weighted by Gasteiger charge is 2.52. The van der Waals surface area contributed by atoms with Crippen LogP contribution in [0.25, 0.3) is 248 Å². The summed E-state index contributed by atoms with van der Waals surface area (Å²) in [5.41, 5.74) is 28.2. The van der Waals surface area contributed by atoms with Crippen molar-refractivity contribution in [3.63, 3.8) is 0 Å². The van der Waals surface area contributed by atoms with E-state index >= 15 is 0 Å². The van der Waals surface area contributed by atoms with E-state index in [1.807, 2.05) is 40.1 Å². The Labute approximate surface area is 816 Å². The number of hydrogen-bond acceptors (Lipinski definition) is 6. The van der Waals surface area contributed by atoms with E-state index in [-0.39, 0.29) is 11.2 Å². The number of furan rings is 1. The number of hydrogen-bond donors (Lipinski definition) is 0. The first-order valence-corrected chi connectivity index (χ1v) is 50.2. The van der Waals surface area contributed by atoms with E-state index in [0.717, 1.165) is 60.0 Å². The van der Waals surface area contributed by atoms with Gasteiger partial charge in [0.2, 0.25) is 0 Å². The zero-order valence-corrected chi connectivity index (χ0v) is 79.8. The topological polar surface area (TPSA) is 51.3 Å². The Morgan fingerprint density at radius 3 is 0.891 bits per heavy atom. The number of aromatic nitrogens is 4. The van der Waals surface area contributed by atoms with Gasteiger partial charge >= 0.3 is 7.12 Å². The molecule has 0 radical (unpaired) electrons. The molecule has 20 aromatic carbocycles. The molecule has 9 heterocycles. The maximum atomic E-state index is 6.50. The van der Waals surface area contributed by atoms with Crippen LogP contribution in [0.15, 0.2) is 446 Å². The van der Waals surface area contributed by atoms with E-state index in [0.29, 0.717) is 0 Å². The Hall–Kier alpha value is -15.5. The van der Waals surface area contributed by atoms with Crippen LogP contribution < -0.4 is 5.46 Å². The lowest BCUT2D eigenvalue weighted by Crippen LogP contribution is -2.41. The van der Waals surface area contributed by atoms with E-state index in [1.165, 1.54) is 198 Å². The summed E-state index contributed by atoms with van der Waals surface area (Å²) in [6, 6.07) is 159. The number of halogens is 1. The van der Waals surface area contributed by atoms with Crippen LogP contribution in [0, 0.1) is 0 Å². The van der Waals surface area contributed by atoms with Crippen LogP contribution in [0.1, 0.15) is 27.7 Å². The molecule has 7 nitrogen and oxygen atoms in total. The summed E-state index contributed by atoms with van der Waals surface area (Å²) in [6.45, 7) is 8.43. The lowest BCUT2D eigenvalue weighted by Gasteiger charge is -2.32. The zero-order chi connectivity index (χ0) is 91.8. The van der Waals surface area contributed by atoms with Crippen molar-refractivity contribution in [1.29, 1.82) is 0 Å². The molecule has 29 rings (SSSR count). The van der Waals surface area contributed by atoms with Gasteiger partial charge in [-0.1, -0.05) is 283 Å². The Morgan fingerprint density at radius 1 is 0.203 bits per heavy atom. The van der Waals surface area contributed by atoms with Gasteiger partial charge in [-0.25, -0.2) is 0 Å². The molecule has 0 aliphatic carbocycles. The minimum atomic E-state index is -0.407. The third-order valence-electron chi connectivity index (χ3n) is 28.7. The number of fused-ring (bicyclic) bond motifs is 24. The molecule has 1 aliphatic heterocycles. The molecule has 0 spiro atoms. The fourth-order valence-corrected chi connectivity index (χ4v) is 25.1. The second kappa shape index (κ2) is 32.4. The van der Waals surface area contributed by atoms with Gasteiger partial charge in [-0.2, -0.15) is 0 Å². The van der Waals surface area contributed by atoms with Crippen LogP contribution >= 0.6 is 49.9 Å². The van der Waals surface area contributed by atoms with Gasteiger partial charge < -0.3 is 32.0 Å². The largest absolute Gasteiger partial charge is 0.494 e. The third-order valence-corrected chi connectivity index (χ3v) is 32.6. The van der Waals surface area contributed by atoms with E-state index in [2.05, 4.69) is 493 Å². The molecule has 0 atom stereocenters. The second-order valence-electron chi connectivity index (χ2n) is 37.4. The lowest BCUT2D eigenvalue weighted by atomic mass is 9.78. The van der Waals surface area contributed by atoms with Gasteiger partial charge in [-0.3, -0.25) is 0 Å². The summed E-state index contributed by atoms with van der Waals surface area (Å²) in [5, 5.41) is 20.0. The number of benzene rings is 20. The quantitative estimate of drug-likeness (QED) is 0.128. The predicted octanol–water partition coefficient (Wildman–Crippen LogP) is 35.8. The van der Waals surface area contributed by atoms with Crippen LogP contribution in [0.3, 0.4) is 0 Å². The standard InChI is InChI=1S/C60H36N2OS.C36H30BNO2S.C30H18BrNS/c1-3-13-37(14-4-1)39-17-11-19-43(29-39)61-53-27-25-41(31-47(53)49-33-51-45-21-7-9-23-57(45)63-58(51)35-55(49)61)42-26-28-54-48(32-42)50-34-52-46-22-8-10-24-59(46)64-60(52)36-56(50)62(54)44-20-12-18-40(30-44)38-15-5-2-6-16-38;1-35(2)36(3,4)40-37(39-35)25-17-18-31-28(20-25)29-21-30-27-15-8-9-16-33(27)41-34(30)22-32(29)38(31)26-14-10-13-24(19-26)23-11-6-5-7-12-23;31-21-13-14-27-24(16-21)25-17-26-23-11-4-5-12-29(23)33-30(26)18-28(25)32(27)22-10-6-9-20(15-22)19-7-2-1-3-8-19/h1-36H;5-22H,1-4H3;1-18H. The average molecular weight is 1890 g/mol. The van der Waals surface area contributed by atoms with Crippen molar-refractivity contribution in [2.45, 2.75) is 38.9 Å². The summed E-state index contributed by atoms with van der Waals surface area (Å²) in [4.78, 5) is 0. The lowest BCUT2D eigenvalue weighted by molar-refractivity contribution is 0.00578. The van der Waals surface area contributed by atoms with Crippen molar-refractivity contribution in [2.75, 3.05) is 0 Å². The van der Waals surface area contributed by atoms with Gasteiger partial charge in [0, 0.05) is 148 Å². The molecule has 1 saturated heterocycles. The maximum absolute atomic E-state index is 6.50. The van der Waals surface area contributed by atoms with Crippen LogP contribution in [0.5, 0.6) is 0 Å². The number of rotatable bonds is 10. The highest BCUT2D eigenvalue weighted by molar-refractivity contribution is 9.10. The minimum absolute atomic E-state index is 0.389. The summed E-state index contributed by atoms with van der Waals surface area (Å²) in [5.74, 6) is 0. The van der Waals surface area contributed by atoms with Crippen LogP contribution in [-0.2, 0) is 9.31 Å². The van der Waals surface area contributed by atoms with Crippen LogP contribution in [0.4, 0.5) is 0 Å². The fourth-order valence-electron chi connectivity index (χ4n) is 21.4. The normalized spacial score (nSPS) is 13.3. The molecule has 28 aromatic rings. The smallest absolute Gasteiger partial charge is 0.456 e. The van der Waals surface area contributed by atoms with Gasteiger partial charge in [0.25, 0.3) is 0 Å². The van der Waals surface area contributed by atoms with Gasteiger partial charge in [0.05, 0.1) is 55.3 Å². The SMILES string of the molecule is Brc1ccc2c(c1)c1cc3c(cc1n2-c1cccc(-c2ccccc2)c1)sc1ccccc13.CC1(C)OB(c2ccc3c(c2)c2cc4c(cc2n3-c2cccc(-c3ccccc3)c2)sc2ccccc24)OC1(C)C.c1ccc(-c2cccc(-n3c4ccc(-c5ccc6c(c5)c5cc7c(cc5n6-c5cccc(-c6ccccc6)c5)sc5ccccc57)cc4c4cc5c(cc43)oc3ccccc35)c2)cc1. The molecule has 138 heavy (non-hydrogen) atoms. The number of nitrogens with zero attached hydrogens (tertiary/aromatic N) is 4. The van der Waals surface area contributed by atoms with Crippen molar-refractivity contribution in [3.8, 4) is 78.4 Å². The second-order valence-corrected chi connectivity index (χ2v) is 41.5. The molecule has 1 fully saturated rings. The number of para-hydroxylation sites is 1. The van der Waals surface area contributed by atoms with E-state index in [4.69, 9.17) is 13.7 Å². The zero-order valence-electron chi connectivity index (χ0n) is 75.8. The number of thiophene rings is 3. The van der Waals surface area contributed by atoms with E-state index in [1.54, 1.807) is 0 Å². The highest BCUT2D eigenvalue weighted by atomic mass is 79.9. The van der Waals surface area contributed by atoms with Gasteiger partial charge in [0.1, 0.15) is 11.2 Å². The molecule has 0 saturated carbocycles.